The number of hydrogen-bond acceptors (Lipinski definition) is 2. The molecule has 0 aliphatic heterocycles. The zero-order chi connectivity index (χ0) is 14.9. The van der Waals surface area contributed by atoms with Crippen LogP contribution in [0.25, 0.3) is 0 Å². The summed E-state index contributed by atoms with van der Waals surface area (Å²) in [6.45, 7) is 20.0. The molecule has 2 nitrogen and oxygen atoms in total. The van der Waals surface area contributed by atoms with Gasteiger partial charge in [0.2, 0.25) is 0 Å². The van der Waals surface area contributed by atoms with Crippen LogP contribution in [0.15, 0.2) is 0 Å². The maximum absolute atomic E-state index is 12.2. The van der Waals surface area contributed by atoms with E-state index in [9.17, 15) is 4.79 Å². The molecule has 0 fully saturated rings. The first kappa shape index (κ1) is 29.8. The number of likely N-dealkylation sites (N-methyl/N-ethyl adjacent to an activating group) is 1. The van der Waals surface area contributed by atoms with Gasteiger partial charge in [-0.25, -0.2) is 0 Å². The Bertz CT molecular complexity index is 233. The van der Waals surface area contributed by atoms with Crippen molar-refractivity contribution >= 4 is 5.78 Å². The van der Waals surface area contributed by atoms with Gasteiger partial charge in [0.1, 0.15) is 5.78 Å². The summed E-state index contributed by atoms with van der Waals surface area (Å²) in [5, 5.41) is 0. The molecule has 0 bridgehead atoms. The second kappa shape index (κ2) is 15.7. The molecular formula is C16H32NOY2. The fraction of sp³-hybridized carbons (Fsp3) is 0.750. The quantitative estimate of drug-likeness (QED) is 0.593. The smallest absolute Gasteiger partial charge is 0.343 e. The third kappa shape index (κ3) is 10.5. The molecule has 0 aromatic heterocycles. The fourth-order valence-electron chi connectivity index (χ4n) is 1.80. The Hall–Kier alpha value is 1.84. The number of ketones is 1. The monoisotopic (exact) mass is 432 g/mol. The van der Waals surface area contributed by atoms with Crippen LogP contribution in [0.1, 0.15) is 54.4 Å². The summed E-state index contributed by atoms with van der Waals surface area (Å²) >= 11 is 0. The number of Topliss-reactive ketones (excluding diaryl/α,β-unsaturated/α-hetero) is 1. The van der Waals surface area contributed by atoms with Gasteiger partial charge in [-0.2, -0.15) is 20.3 Å². The van der Waals surface area contributed by atoms with Crippen molar-refractivity contribution in [2.45, 2.75) is 66.0 Å². The Morgan fingerprint density at radius 2 is 1.60 bits per heavy atom. The van der Waals surface area contributed by atoms with Gasteiger partial charge in [-0.05, 0) is 26.4 Å². The molecule has 0 saturated carbocycles. The molecule has 0 aliphatic rings. The minimum absolute atomic E-state index is 0. The SMILES string of the molecule is C[CH-]C.[CH2-]CCC([CH2-])(C(=O)C(C)C)N(C)C(C)C.[Y+3].[Y]. The molecule has 20 heavy (non-hydrogen) atoms. The third-order valence-corrected chi connectivity index (χ3v) is 3.02. The average molecular weight is 432 g/mol. The van der Waals surface area contributed by atoms with Crippen LogP contribution < -0.4 is 0 Å². The second-order valence-corrected chi connectivity index (χ2v) is 5.44. The van der Waals surface area contributed by atoms with Gasteiger partial charge in [0.05, 0.1) is 0 Å². The number of nitrogens with zero attached hydrogens (tertiary/aromatic N) is 1. The van der Waals surface area contributed by atoms with Crippen LogP contribution >= 0.6 is 0 Å². The molecule has 0 aliphatic carbocycles. The van der Waals surface area contributed by atoms with E-state index >= 15 is 0 Å². The molecule has 0 spiro atoms. The van der Waals surface area contributed by atoms with Crippen molar-refractivity contribution in [3.63, 3.8) is 0 Å². The first-order valence-electron chi connectivity index (χ1n) is 6.84. The Morgan fingerprint density at radius 3 is 1.80 bits per heavy atom. The van der Waals surface area contributed by atoms with Crippen LogP contribution in [0.4, 0.5) is 0 Å². The van der Waals surface area contributed by atoms with Crippen molar-refractivity contribution in [2.75, 3.05) is 7.05 Å². The molecule has 0 aromatic carbocycles. The summed E-state index contributed by atoms with van der Waals surface area (Å²) in [7, 11) is 1.97. The average Bonchev–Trinajstić information content (AvgIpc) is 2.27. The van der Waals surface area contributed by atoms with E-state index in [1.165, 1.54) is 0 Å². The van der Waals surface area contributed by atoms with E-state index in [-0.39, 0.29) is 77.1 Å². The standard InChI is InChI=1S/C13H25NO.C3H7.2Y/c1-8-9-13(6,12(15)10(2)3)14(7)11(4)5;1-3-2;;/h10-11H,1,6,8-9H2,2-5,7H3;3H,1-2H3;;/q-2;-1;;+3. The Labute approximate surface area is 178 Å². The van der Waals surface area contributed by atoms with Crippen molar-refractivity contribution in [1.82, 2.24) is 4.90 Å². The van der Waals surface area contributed by atoms with Gasteiger partial charge in [-0.3, -0.25) is 0 Å². The van der Waals surface area contributed by atoms with E-state index in [0.29, 0.717) is 6.04 Å². The van der Waals surface area contributed by atoms with E-state index in [2.05, 4.69) is 32.6 Å². The topological polar surface area (TPSA) is 20.3 Å². The fourth-order valence-corrected chi connectivity index (χ4v) is 1.80. The number of rotatable bonds is 6. The van der Waals surface area contributed by atoms with Gasteiger partial charge in [-0.1, -0.05) is 20.3 Å². The molecule has 0 N–H and O–H groups in total. The first-order valence-corrected chi connectivity index (χ1v) is 6.84. The van der Waals surface area contributed by atoms with Crippen LogP contribution in [0.2, 0.25) is 0 Å². The Kier molecular flexibility index (Phi) is 23.4. The van der Waals surface area contributed by atoms with Gasteiger partial charge in [-0.15, -0.1) is 0 Å². The van der Waals surface area contributed by atoms with Crippen LogP contribution in [0.5, 0.6) is 0 Å². The van der Waals surface area contributed by atoms with Crippen LogP contribution in [0, 0.1) is 26.2 Å². The van der Waals surface area contributed by atoms with Gasteiger partial charge in [0.15, 0.2) is 0 Å². The predicted octanol–water partition coefficient (Wildman–Crippen LogP) is 3.96. The number of carbonyl (C=O) groups is 1. The number of hydrogen-bond donors (Lipinski definition) is 0. The van der Waals surface area contributed by atoms with Crippen LogP contribution in [-0.4, -0.2) is 29.3 Å². The zero-order valence-corrected chi connectivity index (χ0v) is 20.2. The summed E-state index contributed by atoms with van der Waals surface area (Å²) in [6, 6.07) is 0.316. The largest absolute Gasteiger partial charge is 3.00 e. The molecule has 1 radical (unpaired) electrons. The van der Waals surface area contributed by atoms with Gasteiger partial charge in [0, 0.05) is 44.7 Å². The maximum Gasteiger partial charge on any atom is 3.00 e. The van der Waals surface area contributed by atoms with E-state index in [1.807, 2.05) is 41.2 Å². The van der Waals surface area contributed by atoms with Crippen molar-refractivity contribution in [3.8, 4) is 0 Å². The van der Waals surface area contributed by atoms with Crippen molar-refractivity contribution in [2.24, 2.45) is 5.92 Å². The molecule has 0 aromatic rings. The zero-order valence-electron chi connectivity index (χ0n) is 14.6. The van der Waals surface area contributed by atoms with Crippen LogP contribution in [-0.2, 0) is 70.2 Å². The maximum atomic E-state index is 12.2. The molecule has 1 unspecified atom stereocenters. The Balaban J connectivity index is -0.000000233. The van der Waals surface area contributed by atoms with Crippen molar-refractivity contribution in [3.05, 3.63) is 20.3 Å². The molecule has 0 saturated heterocycles. The van der Waals surface area contributed by atoms with E-state index in [0.717, 1.165) is 12.8 Å². The molecule has 113 valence electrons. The van der Waals surface area contributed by atoms with Gasteiger partial charge >= 0.3 is 32.7 Å². The minimum atomic E-state index is -0.607. The normalized spacial score (nSPS) is 13.0. The number of carbonyl (C=O) groups excluding carboxylic acids is 1. The molecule has 0 heterocycles. The summed E-state index contributed by atoms with van der Waals surface area (Å²) in [4.78, 5) is 14.2. The summed E-state index contributed by atoms with van der Waals surface area (Å²) < 4.78 is 0. The molecular weight excluding hydrogens is 400 g/mol. The van der Waals surface area contributed by atoms with E-state index in [1.54, 1.807) is 0 Å². The minimum Gasteiger partial charge on any atom is -0.343 e. The van der Waals surface area contributed by atoms with Gasteiger partial charge in [0.25, 0.3) is 0 Å². The second-order valence-electron chi connectivity index (χ2n) is 5.44. The Morgan fingerprint density at radius 1 is 1.25 bits per heavy atom. The van der Waals surface area contributed by atoms with E-state index < -0.39 is 5.54 Å². The summed E-state index contributed by atoms with van der Waals surface area (Å²) in [6.07, 6.45) is 3.46. The molecule has 4 heteroatoms. The summed E-state index contributed by atoms with van der Waals surface area (Å²) in [5.41, 5.74) is -0.607. The van der Waals surface area contributed by atoms with Gasteiger partial charge < -0.3 is 30.0 Å². The third-order valence-electron chi connectivity index (χ3n) is 3.02. The van der Waals surface area contributed by atoms with Crippen molar-refractivity contribution < 1.29 is 70.2 Å². The molecule has 0 amide bonds. The predicted molar refractivity (Wildman–Crippen MR) is 81.1 cm³/mol. The van der Waals surface area contributed by atoms with Crippen molar-refractivity contribution in [1.29, 1.82) is 0 Å². The molecule has 0 rings (SSSR count). The summed E-state index contributed by atoms with van der Waals surface area (Å²) in [5.74, 6) is 0.234. The van der Waals surface area contributed by atoms with E-state index in [4.69, 9.17) is 0 Å². The van der Waals surface area contributed by atoms with Crippen LogP contribution in [0.3, 0.4) is 0 Å². The first-order chi connectivity index (χ1) is 8.18. The molecule has 1 atom stereocenters.